The van der Waals surface area contributed by atoms with Crippen LogP contribution in [-0.4, -0.2) is 27.4 Å². The summed E-state index contributed by atoms with van der Waals surface area (Å²) in [7, 11) is 0. The first-order chi connectivity index (χ1) is 14.3. The Bertz CT molecular complexity index is 1060. The first-order valence-electron chi connectivity index (χ1n) is 10.2. The lowest BCUT2D eigenvalue weighted by atomic mass is 9.90. The van der Waals surface area contributed by atoms with E-state index in [1.807, 2.05) is 12.1 Å². The molecule has 0 fully saturated rings. The van der Waals surface area contributed by atoms with Crippen LogP contribution in [0, 0.1) is 0 Å². The Morgan fingerprint density at radius 3 is 2.79 bits per heavy atom. The summed E-state index contributed by atoms with van der Waals surface area (Å²) in [5.41, 5.74) is 6.33. The number of pyridine rings is 1. The van der Waals surface area contributed by atoms with Crippen molar-refractivity contribution < 1.29 is 4.79 Å². The number of hydrogen-bond acceptors (Lipinski definition) is 5. The number of nitrogens with one attached hydrogen (secondary N) is 2. The molecule has 6 heteroatoms. The lowest BCUT2D eigenvalue weighted by Crippen LogP contribution is -2.34. The molecule has 0 bridgehead atoms. The Morgan fingerprint density at radius 2 is 1.93 bits per heavy atom. The molecule has 5 rings (SSSR count). The van der Waals surface area contributed by atoms with Crippen molar-refractivity contribution in [1.29, 1.82) is 0 Å². The van der Waals surface area contributed by atoms with Gasteiger partial charge in [-0.25, -0.2) is 9.97 Å². The number of hydrogen-bond donors (Lipinski definition) is 2. The molecular formula is C23H23N5O. The van der Waals surface area contributed by atoms with Crippen molar-refractivity contribution in [2.24, 2.45) is 0 Å². The summed E-state index contributed by atoms with van der Waals surface area (Å²) in [4.78, 5) is 25.9. The summed E-state index contributed by atoms with van der Waals surface area (Å²) in [5.74, 6) is 1.11. The van der Waals surface area contributed by atoms with Gasteiger partial charge in [-0.05, 0) is 60.9 Å². The van der Waals surface area contributed by atoms with Crippen LogP contribution in [0.1, 0.15) is 45.6 Å². The number of fused-ring (bicyclic) bond motifs is 2. The third-order valence-corrected chi connectivity index (χ3v) is 5.68. The maximum Gasteiger partial charge on any atom is 0.270 e. The molecule has 2 aromatic heterocycles. The topological polar surface area (TPSA) is 79.8 Å². The minimum atomic E-state index is -0.143. The van der Waals surface area contributed by atoms with E-state index >= 15 is 0 Å². The Hall–Kier alpha value is -3.28. The highest BCUT2D eigenvalue weighted by molar-refractivity contribution is 5.96. The van der Waals surface area contributed by atoms with Crippen molar-refractivity contribution >= 4 is 11.7 Å². The normalized spacial score (nSPS) is 15.2. The minimum absolute atomic E-state index is 0.143. The zero-order chi connectivity index (χ0) is 19.6. The molecule has 1 aliphatic heterocycles. The van der Waals surface area contributed by atoms with Gasteiger partial charge in [-0.2, -0.15) is 0 Å². The third-order valence-electron chi connectivity index (χ3n) is 5.68. The number of aryl methyl sites for hydroxylation is 2. The Labute approximate surface area is 169 Å². The first-order valence-corrected chi connectivity index (χ1v) is 10.2. The fraction of sp³-hybridized carbons (Fsp3) is 0.304. The Morgan fingerprint density at radius 1 is 1.03 bits per heavy atom. The van der Waals surface area contributed by atoms with Crippen LogP contribution in [0.3, 0.4) is 0 Å². The van der Waals surface area contributed by atoms with Crippen molar-refractivity contribution in [1.82, 2.24) is 20.3 Å². The SMILES string of the molecule is O=C1NCCc2c(NCc3ccc4c(c3)CCCC4)nc(-c3cccnc3)nc21. The number of rotatable bonds is 4. The van der Waals surface area contributed by atoms with Gasteiger partial charge < -0.3 is 10.6 Å². The van der Waals surface area contributed by atoms with Crippen molar-refractivity contribution in [3.05, 3.63) is 70.7 Å². The molecular weight excluding hydrogens is 362 g/mol. The molecule has 6 nitrogen and oxygen atoms in total. The monoisotopic (exact) mass is 385 g/mol. The van der Waals surface area contributed by atoms with Gasteiger partial charge in [0.15, 0.2) is 5.82 Å². The maximum atomic E-state index is 12.4. The maximum absolute atomic E-state index is 12.4. The van der Waals surface area contributed by atoms with E-state index < -0.39 is 0 Å². The second kappa shape index (κ2) is 7.62. The molecule has 2 N–H and O–H groups in total. The van der Waals surface area contributed by atoms with E-state index in [0.29, 0.717) is 24.6 Å². The second-order valence-corrected chi connectivity index (χ2v) is 7.63. The number of nitrogens with zero attached hydrogens (tertiary/aromatic N) is 3. The average molecular weight is 385 g/mol. The van der Waals surface area contributed by atoms with Crippen molar-refractivity contribution in [3.63, 3.8) is 0 Å². The van der Waals surface area contributed by atoms with Crippen molar-refractivity contribution in [2.75, 3.05) is 11.9 Å². The number of aromatic nitrogens is 3. The van der Waals surface area contributed by atoms with Gasteiger partial charge in [0.1, 0.15) is 11.5 Å². The van der Waals surface area contributed by atoms with E-state index in [1.54, 1.807) is 12.4 Å². The van der Waals surface area contributed by atoms with Crippen LogP contribution >= 0.6 is 0 Å². The summed E-state index contributed by atoms with van der Waals surface area (Å²) in [6.07, 6.45) is 9.06. The smallest absolute Gasteiger partial charge is 0.270 e. The van der Waals surface area contributed by atoms with Crippen LogP contribution in [0.4, 0.5) is 5.82 Å². The highest BCUT2D eigenvalue weighted by Gasteiger charge is 2.24. The summed E-state index contributed by atoms with van der Waals surface area (Å²) in [6.45, 7) is 1.28. The zero-order valence-electron chi connectivity index (χ0n) is 16.2. The number of benzene rings is 1. The molecule has 146 valence electrons. The molecule has 1 aromatic carbocycles. The fourth-order valence-electron chi connectivity index (χ4n) is 4.15. The molecule has 2 aliphatic rings. The Kier molecular flexibility index (Phi) is 4.68. The standard InChI is InChI=1S/C23H23N5O/c29-23-20-19(9-11-25-23)22(28-21(27-20)18-6-3-10-24-14-18)26-13-15-7-8-16-4-1-2-5-17(16)12-15/h3,6-8,10,12,14H,1-2,4-5,9,11,13H2,(H,25,29)(H,26,27,28). The van der Waals surface area contributed by atoms with Crippen LogP contribution in [0.5, 0.6) is 0 Å². The van der Waals surface area contributed by atoms with Gasteiger partial charge in [0.2, 0.25) is 0 Å². The molecule has 3 aromatic rings. The highest BCUT2D eigenvalue weighted by Crippen LogP contribution is 2.26. The van der Waals surface area contributed by atoms with E-state index in [0.717, 1.165) is 29.8 Å². The molecule has 0 radical (unpaired) electrons. The van der Waals surface area contributed by atoms with E-state index in [4.69, 9.17) is 4.98 Å². The van der Waals surface area contributed by atoms with Crippen LogP contribution in [0.25, 0.3) is 11.4 Å². The van der Waals surface area contributed by atoms with Crippen LogP contribution in [0.2, 0.25) is 0 Å². The molecule has 1 amide bonds. The van der Waals surface area contributed by atoms with Gasteiger partial charge in [0.25, 0.3) is 5.91 Å². The molecule has 0 saturated carbocycles. The lowest BCUT2D eigenvalue weighted by molar-refractivity contribution is 0.0940. The minimum Gasteiger partial charge on any atom is -0.366 e. The van der Waals surface area contributed by atoms with Gasteiger partial charge in [0.05, 0.1) is 0 Å². The van der Waals surface area contributed by atoms with Gasteiger partial charge in [-0.1, -0.05) is 18.2 Å². The summed E-state index contributed by atoms with van der Waals surface area (Å²) in [6, 6.07) is 10.5. The van der Waals surface area contributed by atoms with E-state index in [1.165, 1.54) is 36.0 Å². The number of anilines is 1. The number of carbonyl (C=O) groups excluding carboxylic acids is 1. The quantitative estimate of drug-likeness (QED) is 0.720. The predicted octanol–water partition coefficient (Wildman–Crippen LogP) is 3.32. The molecule has 0 saturated heterocycles. The van der Waals surface area contributed by atoms with Crippen molar-refractivity contribution in [2.45, 2.75) is 38.6 Å². The van der Waals surface area contributed by atoms with Crippen LogP contribution in [-0.2, 0) is 25.8 Å². The second-order valence-electron chi connectivity index (χ2n) is 7.63. The number of carbonyl (C=O) groups is 1. The molecule has 3 heterocycles. The van der Waals surface area contributed by atoms with Gasteiger partial charge in [-0.3, -0.25) is 9.78 Å². The lowest BCUT2D eigenvalue weighted by Gasteiger charge is -2.21. The van der Waals surface area contributed by atoms with Gasteiger partial charge in [-0.15, -0.1) is 0 Å². The highest BCUT2D eigenvalue weighted by atomic mass is 16.1. The first kappa shape index (κ1) is 17.8. The molecule has 0 atom stereocenters. The third kappa shape index (κ3) is 3.58. The summed E-state index contributed by atoms with van der Waals surface area (Å²) >= 11 is 0. The molecule has 0 unspecified atom stereocenters. The van der Waals surface area contributed by atoms with Crippen LogP contribution < -0.4 is 10.6 Å². The molecule has 0 spiro atoms. The summed E-state index contributed by atoms with van der Waals surface area (Å²) < 4.78 is 0. The predicted molar refractivity (Wildman–Crippen MR) is 112 cm³/mol. The average Bonchev–Trinajstić information content (AvgIpc) is 2.78. The molecule has 1 aliphatic carbocycles. The van der Waals surface area contributed by atoms with E-state index in [-0.39, 0.29) is 5.91 Å². The summed E-state index contributed by atoms with van der Waals surface area (Å²) in [5, 5.41) is 6.35. The van der Waals surface area contributed by atoms with Crippen molar-refractivity contribution in [3.8, 4) is 11.4 Å². The molecule has 29 heavy (non-hydrogen) atoms. The fourth-order valence-corrected chi connectivity index (χ4v) is 4.15. The van der Waals surface area contributed by atoms with Gasteiger partial charge >= 0.3 is 0 Å². The van der Waals surface area contributed by atoms with E-state index in [9.17, 15) is 4.79 Å². The van der Waals surface area contributed by atoms with E-state index in [2.05, 4.69) is 38.8 Å². The van der Waals surface area contributed by atoms with Crippen LogP contribution in [0.15, 0.2) is 42.7 Å². The largest absolute Gasteiger partial charge is 0.366 e. The number of amides is 1. The van der Waals surface area contributed by atoms with Gasteiger partial charge in [0, 0.05) is 36.6 Å². The zero-order valence-corrected chi connectivity index (χ0v) is 16.2. The Balaban J connectivity index is 1.47.